The first-order chi connectivity index (χ1) is 4.86. The van der Waals surface area contributed by atoms with Crippen molar-refractivity contribution in [2.24, 2.45) is 0 Å². The van der Waals surface area contributed by atoms with Gasteiger partial charge in [-0.3, -0.25) is 4.90 Å². The zero-order valence-corrected chi connectivity index (χ0v) is 5.99. The Bertz CT molecular complexity index is 115. The molecule has 0 radical (unpaired) electrons. The number of aliphatic hydroxyl groups excluding tert-OH is 1. The van der Waals surface area contributed by atoms with Crippen LogP contribution in [-0.4, -0.2) is 48.5 Å². The molecule has 2 aliphatic heterocycles. The van der Waals surface area contributed by atoms with Crippen LogP contribution in [0.25, 0.3) is 0 Å². The van der Waals surface area contributed by atoms with Gasteiger partial charge in [0.2, 0.25) is 0 Å². The highest BCUT2D eigenvalue weighted by molar-refractivity contribution is 4.86. The van der Waals surface area contributed by atoms with E-state index in [1.807, 2.05) is 0 Å². The van der Waals surface area contributed by atoms with E-state index in [9.17, 15) is 5.11 Å². The van der Waals surface area contributed by atoms with Gasteiger partial charge in [-0.25, -0.2) is 0 Å². The maximum absolute atomic E-state index is 9.26. The summed E-state index contributed by atoms with van der Waals surface area (Å²) >= 11 is 0. The predicted molar refractivity (Wildman–Crippen MR) is 36.8 cm³/mol. The van der Waals surface area contributed by atoms with Crippen molar-refractivity contribution in [1.29, 1.82) is 0 Å². The van der Waals surface area contributed by atoms with Crippen LogP contribution >= 0.6 is 0 Å². The van der Waals surface area contributed by atoms with Crippen LogP contribution in [0.5, 0.6) is 0 Å². The first kappa shape index (κ1) is 6.58. The van der Waals surface area contributed by atoms with Gasteiger partial charge in [0.05, 0.1) is 19.3 Å². The fourth-order valence-corrected chi connectivity index (χ4v) is 1.81. The standard InChI is InChI=1S/C7H13NO2/c9-7-3-6-5-10-2-1-8(6)4-7/h6-7,9H,1-5H2/t6-,7-/m0/s1. The lowest BCUT2D eigenvalue weighted by Gasteiger charge is -2.28. The molecular formula is C7H13NO2. The molecule has 2 heterocycles. The van der Waals surface area contributed by atoms with Crippen molar-refractivity contribution >= 4 is 0 Å². The van der Waals surface area contributed by atoms with E-state index in [0.717, 1.165) is 32.7 Å². The van der Waals surface area contributed by atoms with E-state index >= 15 is 0 Å². The minimum absolute atomic E-state index is 0.105. The lowest BCUT2D eigenvalue weighted by atomic mass is 10.2. The molecule has 0 aliphatic carbocycles. The van der Waals surface area contributed by atoms with Gasteiger partial charge < -0.3 is 9.84 Å². The third kappa shape index (κ3) is 1.05. The summed E-state index contributed by atoms with van der Waals surface area (Å²) in [5.74, 6) is 0. The van der Waals surface area contributed by atoms with Gasteiger partial charge in [0.25, 0.3) is 0 Å². The molecule has 2 atom stereocenters. The Morgan fingerprint density at radius 2 is 2.40 bits per heavy atom. The third-order valence-electron chi connectivity index (χ3n) is 2.34. The Morgan fingerprint density at radius 3 is 3.20 bits per heavy atom. The van der Waals surface area contributed by atoms with Crippen LogP contribution < -0.4 is 0 Å². The van der Waals surface area contributed by atoms with Crippen LogP contribution in [-0.2, 0) is 4.74 Å². The number of nitrogens with zero attached hydrogens (tertiary/aromatic N) is 1. The SMILES string of the molecule is O[C@H]1C[C@H]2COCCN2C1. The van der Waals surface area contributed by atoms with Gasteiger partial charge in [0.1, 0.15) is 0 Å². The molecule has 0 saturated carbocycles. The molecule has 0 unspecified atom stereocenters. The number of morpholine rings is 1. The van der Waals surface area contributed by atoms with Gasteiger partial charge in [-0.1, -0.05) is 0 Å². The van der Waals surface area contributed by atoms with Crippen LogP contribution in [0.3, 0.4) is 0 Å². The largest absolute Gasteiger partial charge is 0.392 e. The minimum atomic E-state index is -0.105. The number of rotatable bonds is 0. The molecule has 2 fully saturated rings. The lowest BCUT2D eigenvalue weighted by Crippen LogP contribution is -2.40. The topological polar surface area (TPSA) is 32.7 Å². The summed E-state index contributed by atoms with van der Waals surface area (Å²) in [6, 6.07) is 0.503. The zero-order valence-electron chi connectivity index (χ0n) is 5.99. The number of hydrogen-bond acceptors (Lipinski definition) is 3. The average Bonchev–Trinajstić information content (AvgIpc) is 2.27. The van der Waals surface area contributed by atoms with Crippen molar-refractivity contribution in [3.05, 3.63) is 0 Å². The first-order valence-electron chi connectivity index (χ1n) is 3.86. The molecular weight excluding hydrogens is 130 g/mol. The van der Waals surface area contributed by atoms with E-state index in [1.165, 1.54) is 0 Å². The van der Waals surface area contributed by atoms with Gasteiger partial charge in [0.15, 0.2) is 0 Å². The molecule has 10 heavy (non-hydrogen) atoms. The fraction of sp³-hybridized carbons (Fsp3) is 1.00. The van der Waals surface area contributed by atoms with E-state index in [-0.39, 0.29) is 6.10 Å². The van der Waals surface area contributed by atoms with Gasteiger partial charge in [-0.2, -0.15) is 0 Å². The predicted octanol–water partition coefficient (Wildman–Crippen LogP) is -0.548. The Labute approximate surface area is 60.6 Å². The van der Waals surface area contributed by atoms with Gasteiger partial charge in [0, 0.05) is 19.1 Å². The Kier molecular flexibility index (Phi) is 1.64. The second-order valence-electron chi connectivity index (χ2n) is 3.11. The molecule has 0 bridgehead atoms. The van der Waals surface area contributed by atoms with Crippen LogP contribution in [0.15, 0.2) is 0 Å². The van der Waals surface area contributed by atoms with E-state index < -0.39 is 0 Å². The molecule has 2 aliphatic rings. The number of aliphatic hydroxyl groups is 1. The molecule has 2 rings (SSSR count). The maximum atomic E-state index is 9.26. The molecule has 0 spiro atoms. The number of hydrogen-bond donors (Lipinski definition) is 1. The van der Waals surface area contributed by atoms with Gasteiger partial charge in [-0.05, 0) is 6.42 Å². The van der Waals surface area contributed by atoms with Crippen molar-refractivity contribution < 1.29 is 9.84 Å². The smallest absolute Gasteiger partial charge is 0.0683 e. The summed E-state index contributed by atoms with van der Waals surface area (Å²) in [7, 11) is 0. The maximum Gasteiger partial charge on any atom is 0.0683 e. The third-order valence-corrected chi connectivity index (χ3v) is 2.34. The molecule has 58 valence electrons. The molecule has 0 aromatic heterocycles. The van der Waals surface area contributed by atoms with E-state index in [0.29, 0.717) is 6.04 Å². The van der Waals surface area contributed by atoms with Crippen molar-refractivity contribution in [2.45, 2.75) is 18.6 Å². The quantitative estimate of drug-likeness (QED) is 0.494. The second-order valence-corrected chi connectivity index (χ2v) is 3.11. The number of fused-ring (bicyclic) bond motifs is 1. The Morgan fingerprint density at radius 1 is 1.50 bits per heavy atom. The summed E-state index contributed by atoms with van der Waals surface area (Å²) < 4.78 is 5.28. The number of ether oxygens (including phenoxy) is 1. The molecule has 1 N–H and O–H groups in total. The summed E-state index contributed by atoms with van der Waals surface area (Å²) in [5, 5.41) is 9.26. The molecule has 0 aromatic rings. The minimum Gasteiger partial charge on any atom is -0.392 e. The zero-order chi connectivity index (χ0) is 6.97. The van der Waals surface area contributed by atoms with Gasteiger partial charge >= 0.3 is 0 Å². The van der Waals surface area contributed by atoms with Crippen LogP contribution in [0, 0.1) is 0 Å². The average molecular weight is 143 g/mol. The summed E-state index contributed by atoms with van der Waals surface area (Å²) in [4.78, 5) is 2.31. The highest BCUT2D eigenvalue weighted by Gasteiger charge is 2.32. The monoisotopic (exact) mass is 143 g/mol. The van der Waals surface area contributed by atoms with Crippen molar-refractivity contribution in [3.63, 3.8) is 0 Å². The van der Waals surface area contributed by atoms with Crippen molar-refractivity contribution in [2.75, 3.05) is 26.3 Å². The molecule has 3 heteroatoms. The molecule has 3 nitrogen and oxygen atoms in total. The van der Waals surface area contributed by atoms with E-state index in [2.05, 4.69) is 4.90 Å². The van der Waals surface area contributed by atoms with Crippen LogP contribution in [0.1, 0.15) is 6.42 Å². The van der Waals surface area contributed by atoms with E-state index in [1.54, 1.807) is 0 Å². The van der Waals surface area contributed by atoms with Gasteiger partial charge in [-0.15, -0.1) is 0 Å². The normalized spacial score (nSPS) is 41.7. The lowest BCUT2D eigenvalue weighted by molar-refractivity contribution is 0.0126. The molecule has 2 saturated heterocycles. The highest BCUT2D eigenvalue weighted by atomic mass is 16.5. The van der Waals surface area contributed by atoms with E-state index in [4.69, 9.17) is 4.74 Å². The van der Waals surface area contributed by atoms with Crippen LogP contribution in [0.4, 0.5) is 0 Å². The van der Waals surface area contributed by atoms with Crippen LogP contribution in [0.2, 0.25) is 0 Å². The van der Waals surface area contributed by atoms with Crippen molar-refractivity contribution in [1.82, 2.24) is 4.90 Å². The summed E-state index contributed by atoms with van der Waals surface area (Å²) in [6.45, 7) is 3.51. The van der Waals surface area contributed by atoms with Crippen molar-refractivity contribution in [3.8, 4) is 0 Å². The summed E-state index contributed by atoms with van der Waals surface area (Å²) in [6.07, 6.45) is 0.798. The first-order valence-corrected chi connectivity index (χ1v) is 3.86. The Hall–Kier alpha value is -0.120. The highest BCUT2D eigenvalue weighted by Crippen LogP contribution is 2.19. The molecule has 0 amide bonds. The summed E-state index contributed by atoms with van der Waals surface area (Å²) in [5.41, 5.74) is 0. The Balaban J connectivity index is 1.97. The second kappa shape index (κ2) is 2.49. The fourth-order valence-electron chi connectivity index (χ4n) is 1.81. The molecule has 0 aromatic carbocycles.